The second-order valence-electron chi connectivity index (χ2n) is 5.75. The molecule has 0 aliphatic heterocycles. The van der Waals surface area contributed by atoms with Crippen molar-refractivity contribution in [3.8, 4) is 0 Å². The van der Waals surface area contributed by atoms with Gasteiger partial charge in [0.25, 0.3) is 0 Å². The molecule has 0 radical (unpaired) electrons. The van der Waals surface area contributed by atoms with E-state index in [9.17, 15) is 9.90 Å². The van der Waals surface area contributed by atoms with Gasteiger partial charge in [-0.3, -0.25) is 4.79 Å². The Kier molecular flexibility index (Phi) is 4.05. The second-order valence-corrected chi connectivity index (χ2v) is 5.75. The van der Waals surface area contributed by atoms with E-state index in [-0.39, 0.29) is 12.0 Å². The first-order valence-electron chi connectivity index (χ1n) is 6.85. The average Bonchev–Trinajstić information content (AvgIpc) is 2.76. The van der Waals surface area contributed by atoms with Gasteiger partial charge in [0.2, 0.25) is 5.91 Å². The largest absolute Gasteiger partial charge is 0.393 e. The van der Waals surface area contributed by atoms with Crippen LogP contribution in [0.15, 0.2) is 0 Å². The highest BCUT2D eigenvalue weighted by molar-refractivity contribution is 5.86. The summed E-state index contributed by atoms with van der Waals surface area (Å²) >= 11 is 0. The Hall–Kier alpha value is -0.610. The predicted octanol–water partition coefficient (Wildman–Crippen LogP) is 0.925. The zero-order valence-electron chi connectivity index (χ0n) is 10.5. The SMILES string of the molecule is NC1(C(=O)NCC2CCC(O)CC2)CCCC1. The van der Waals surface area contributed by atoms with Crippen LogP contribution in [0.1, 0.15) is 51.4 Å². The Labute approximate surface area is 103 Å². The molecule has 2 saturated carbocycles. The molecule has 1 amide bonds. The molecule has 98 valence electrons. The zero-order valence-corrected chi connectivity index (χ0v) is 10.5. The fourth-order valence-corrected chi connectivity index (χ4v) is 3.00. The minimum absolute atomic E-state index is 0.0288. The van der Waals surface area contributed by atoms with Crippen LogP contribution in [-0.2, 0) is 4.79 Å². The Morgan fingerprint density at radius 2 is 1.82 bits per heavy atom. The molecular formula is C13H24N2O2. The van der Waals surface area contributed by atoms with E-state index >= 15 is 0 Å². The van der Waals surface area contributed by atoms with Gasteiger partial charge in [0.15, 0.2) is 0 Å². The number of carbonyl (C=O) groups excluding carboxylic acids is 1. The van der Waals surface area contributed by atoms with Crippen molar-refractivity contribution >= 4 is 5.91 Å². The Balaban J connectivity index is 1.72. The molecule has 0 saturated heterocycles. The molecule has 2 aliphatic carbocycles. The van der Waals surface area contributed by atoms with E-state index in [0.717, 1.165) is 57.9 Å². The number of aliphatic hydroxyl groups excluding tert-OH is 1. The van der Waals surface area contributed by atoms with E-state index < -0.39 is 5.54 Å². The predicted molar refractivity (Wildman–Crippen MR) is 66.4 cm³/mol. The van der Waals surface area contributed by atoms with Crippen LogP contribution in [0.5, 0.6) is 0 Å². The molecule has 2 aliphatic rings. The molecule has 0 aromatic heterocycles. The minimum atomic E-state index is -0.603. The van der Waals surface area contributed by atoms with Crippen LogP contribution in [-0.4, -0.2) is 29.2 Å². The molecule has 0 bridgehead atoms. The van der Waals surface area contributed by atoms with Crippen molar-refractivity contribution in [2.45, 2.75) is 63.0 Å². The van der Waals surface area contributed by atoms with Gasteiger partial charge in [-0.1, -0.05) is 12.8 Å². The molecule has 0 unspecified atom stereocenters. The van der Waals surface area contributed by atoms with E-state index in [4.69, 9.17) is 5.73 Å². The Morgan fingerprint density at radius 3 is 2.41 bits per heavy atom. The van der Waals surface area contributed by atoms with Crippen LogP contribution in [0, 0.1) is 5.92 Å². The fraction of sp³-hybridized carbons (Fsp3) is 0.923. The fourth-order valence-electron chi connectivity index (χ4n) is 3.00. The van der Waals surface area contributed by atoms with Crippen molar-refractivity contribution in [3.05, 3.63) is 0 Å². The summed E-state index contributed by atoms with van der Waals surface area (Å²) in [5.41, 5.74) is 5.49. The molecule has 4 heteroatoms. The third kappa shape index (κ3) is 3.19. The van der Waals surface area contributed by atoms with Gasteiger partial charge in [-0.05, 0) is 44.4 Å². The van der Waals surface area contributed by atoms with Gasteiger partial charge in [-0.15, -0.1) is 0 Å². The highest BCUT2D eigenvalue weighted by Crippen LogP contribution is 2.28. The number of carbonyl (C=O) groups is 1. The lowest BCUT2D eigenvalue weighted by molar-refractivity contribution is -0.126. The summed E-state index contributed by atoms with van der Waals surface area (Å²) in [5, 5.41) is 12.4. The maximum atomic E-state index is 12.0. The molecular weight excluding hydrogens is 216 g/mol. The first-order valence-corrected chi connectivity index (χ1v) is 6.85. The number of aliphatic hydroxyl groups is 1. The van der Waals surface area contributed by atoms with E-state index in [0.29, 0.717) is 5.92 Å². The molecule has 2 rings (SSSR count). The molecule has 17 heavy (non-hydrogen) atoms. The van der Waals surface area contributed by atoms with Crippen molar-refractivity contribution in [1.82, 2.24) is 5.32 Å². The quantitative estimate of drug-likeness (QED) is 0.687. The minimum Gasteiger partial charge on any atom is -0.393 e. The van der Waals surface area contributed by atoms with E-state index in [1.54, 1.807) is 0 Å². The number of rotatable bonds is 3. The lowest BCUT2D eigenvalue weighted by atomic mass is 9.87. The number of nitrogens with one attached hydrogen (secondary N) is 1. The van der Waals surface area contributed by atoms with Crippen LogP contribution >= 0.6 is 0 Å². The lowest BCUT2D eigenvalue weighted by Crippen LogP contribution is -2.52. The molecule has 0 heterocycles. The molecule has 0 aromatic carbocycles. The third-order valence-corrected chi connectivity index (χ3v) is 4.32. The van der Waals surface area contributed by atoms with Gasteiger partial charge >= 0.3 is 0 Å². The summed E-state index contributed by atoms with van der Waals surface area (Å²) in [5.74, 6) is 0.550. The lowest BCUT2D eigenvalue weighted by Gasteiger charge is -2.28. The van der Waals surface area contributed by atoms with Crippen LogP contribution in [0.3, 0.4) is 0 Å². The summed E-state index contributed by atoms with van der Waals surface area (Å²) in [7, 11) is 0. The van der Waals surface area contributed by atoms with E-state index in [1.165, 1.54) is 0 Å². The molecule has 0 aromatic rings. The maximum absolute atomic E-state index is 12.0. The summed E-state index contributed by atoms with van der Waals surface area (Å²) in [6.07, 6.45) is 7.42. The van der Waals surface area contributed by atoms with Gasteiger partial charge in [0, 0.05) is 6.54 Å². The zero-order chi connectivity index (χ0) is 12.3. The van der Waals surface area contributed by atoms with Gasteiger partial charge in [-0.2, -0.15) is 0 Å². The van der Waals surface area contributed by atoms with Gasteiger partial charge in [0.1, 0.15) is 0 Å². The van der Waals surface area contributed by atoms with E-state index in [2.05, 4.69) is 5.32 Å². The van der Waals surface area contributed by atoms with Crippen LogP contribution in [0.2, 0.25) is 0 Å². The smallest absolute Gasteiger partial charge is 0.240 e. The standard InChI is InChI=1S/C13H24N2O2/c14-13(7-1-2-8-13)12(17)15-9-10-3-5-11(16)6-4-10/h10-11,16H,1-9,14H2,(H,15,17). The van der Waals surface area contributed by atoms with Crippen LogP contribution < -0.4 is 11.1 Å². The van der Waals surface area contributed by atoms with Gasteiger partial charge in [-0.25, -0.2) is 0 Å². The summed E-state index contributed by atoms with van der Waals surface area (Å²) < 4.78 is 0. The average molecular weight is 240 g/mol. The molecule has 0 spiro atoms. The monoisotopic (exact) mass is 240 g/mol. The van der Waals surface area contributed by atoms with Crippen molar-refractivity contribution in [2.75, 3.05) is 6.54 Å². The topological polar surface area (TPSA) is 75.4 Å². The maximum Gasteiger partial charge on any atom is 0.240 e. The number of amides is 1. The Morgan fingerprint density at radius 1 is 1.24 bits per heavy atom. The number of hydrogen-bond donors (Lipinski definition) is 3. The summed E-state index contributed by atoms with van der Waals surface area (Å²) in [6, 6.07) is 0. The highest BCUT2D eigenvalue weighted by Gasteiger charge is 2.37. The summed E-state index contributed by atoms with van der Waals surface area (Å²) in [4.78, 5) is 12.0. The summed E-state index contributed by atoms with van der Waals surface area (Å²) in [6.45, 7) is 0.727. The van der Waals surface area contributed by atoms with Gasteiger partial charge in [0.05, 0.1) is 11.6 Å². The third-order valence-electron chi connectivity index (χ3n) is 4.32. The van der Waals surface area contributed by atoms with Crippen LogP contribution in [0.4, 0.5) is 0 Å². The molecule has 4 nitrogen and oxygen atoms in total. The molecule has 0 atom stereocenters. The van der Waals surface area contributed by atoms with E-state index in [1.807, 2.05) is 0 Å². The Bertz CT molecular complexity index is 267. The van der Waals surface area contributed by atoms with Crippen molar-refractivity contribution < 1.29 is 9.90 Å². The second kappa shape index (κ2) is 5.36. The van der Waals surface area contributed by atoms with Crippen LogP contribution in [0.25, 0.3) is 0 Å². The number of nitrogens with two attached hydrogens (primary N) is 1. The normalized spacial score (nSPS) is 32.4. The molecule has 2 fully saturated rings. The number of hydrogen-bond acceptors (Lipinski definition) is 3. The first kappa shape index (κ1) is 12.8. The molecule has 4 N–H and O–H groups in total. The van der Waals surface area contributed by atoms with Crippen molar-refractivity contribution in [3.63, 3.8) is 0 Å². The first-order chi connectivity index (χ1) is 8.10. The van der Waals surface area contributed by atoms with Crippen molar-refractivity contribution in [1.29, 1.82) is 0 Å². The highest BCUT2D eigenvalue weighted by atomic mass is 16.3. The van der Waals surface area contributed by atoms with Crippen molar-refractivity contribution in [2.24, 2.45) is 11.7 Å². The van der Waals surface area contributed by atoms with Gasteiger partial charge < -0.3 is 16.2 Å².